The van der Waals surface area contributed by atoms with Crippen molar-refractivity contribution in [2.75, 3.05) is 20.6 Å². The van der Waals surface area contributed by atoms with Gasteiger partial charge in [0.25, 0.3) is 5.91 Å². The molecule has 0 aromatic rings. The van der Waals surface area contributed by atoms with Crippen molar-refractivity contribution < 1.29 is 13.6 Å². The number of carbonyl (C=O) groups is 1. The van der Waals surface area contributed by atoms with Crippen molar-refractivity contribution >= 4 is 5.91 Å². The molecule has 0 fully saturated rings. The van der Waals surface area contributed by atoms with Crippen molar-refractivity contribution in [3.63, 3.8) is 0 Å². The number of rotatable bonds is 4. The third-order valence-electron chi connectivity index (χ3n) is 1.23. The summed E-state index contributed by atoms with van der Waals surface area (Å²) in [4.78, 5) is 12.3. The smallest absolute Gasteiger partial charge is 0.315 e. The van der Waals surface area contributed by atoms with Gasteiger partial charge in [-0.05, 0) is 21.0 Å². The van der Waals surface area contributed by atoms with E-state index in [1.54, 1.807) is 6.92 Å². The van der Waals surface area contributed by atoms with Gasteiger partial charge in [0.1, 0.15) is 0 Å². The number of carbonyl (C=O) groups excluding carboxylic acids is 1. The lowest BCUT2D eigenvalue weighted by Gasteiger charge is -2.17. The lowest BCUT2D eigenvalue weighted by molar-refractivity contribution is -0.132. The van der Waals surface area contributed by atoms with Crippen LogP contribution in [0.2, 0.25) is 0 Å². The van der Waals surface area contributed by atoms with Gasteiger partial charge >= 0.3 is 6.43 Å². The van der Waals surface area contributed by atoms with Gasteiger partial charge < -0.3 is 10.2 Å². The van der Waals surface area contributed by atoms with E-state index in [-0.39, 0.29) is 6.04 Å². The number of nitrogens with zero attached hydrogens (tertiary/aromatic N) is 1. The number of nitrogens with one attached hydrogen (secondary N) is 1. The highest BCUT2D eigenvalue weighted by Crippen LogP contribution is 1.93. The molecule has 1 N–H and O–H groups in total. The number of halogens is 2. The minimum atomic E-state index is -2.92. The van der Waals surface area contributed by atoms with Crippen LogP contribution in [0, 0.1) is 0 Å². The van der Waals surface area contributed by atoms with Crippen molar-refractivity contribution in [2.45, 2.75) is 19.4 Å². The summed E-state index contributed by atoms with van der Waals surface area (Å²) in [7, 11) is 3.62. The molecule has 0 bridgehead atoms. The zero-order chi connectivity index (χ0) is 9.72. The molecular formula is C7H14F2N2O. The minimum Gasteiger partial charge on any atom is -0.347 e. The second-order valence-corrected chi connectivity index (χ2v) is 2.97. The first-order valence-electron chi connectivity index (χ1n) is 3.66. The second kappa shape index (κ2) is 5.03. The molecule has 0 spiro atoms. The van der Waals surface area contributed by atoms with Crippen LogP contribution in [0.15, 0.2) is 0 Å². The van der Waals surface area contributed by atoms with Crippen LogP contribution in [0.1, 0.15) is 6.92 Å². The number of alkyl halides is 2. The zero-order valence-electron chi connectivity index (χ0n) is 7.47. The average molecular weight is 180 g/mol. The maximum atomic E-state index is 11.7. The molecule has 72 valence electrons. The summed E-state index contributed by atoms with van der Waals surface area (Å²) < 4.78 is 23.4. The first kappa shape index (κ1) is 11.3. The average Bonchev–Trinajstić information content (AvgIpc) is 1.84. The minimum absolute atomic E-state index is 0.249. The summed E-state index contributed by atoms with van der Waals surface area (Å²) in [5.74, 6) is -1.20. The number of hydrogen-bond donors (Lipinski definition) is 1. The lowest BCUT2D eigenvalue weighted by Crippen LogP contribution is -2.42. The molecule has 0 saturated carbocycles. The van der Waals surface area contributed by atoms with Crippen molar-refractivity contribution in [3.05, 3.63) is 0 Å². The fourth-order valence-corrected chi connectivity index (χ4v) is 0.899. The van der Waals surface area contributed by atoms with Gasteiger partial charge in [-0.15, -0.1) is 0 Å². The van der Waals surface area contributed by atoms with Gasteiger partial charge in [-0.1, -0.05) is 0 Å². The Morgan fingerprint density at radius 3 is 2.33 bits per heavy atom. The summed E-state index contributed by atoms with van der Waals surface area (Å²) in [6, 6.07) is -0.249. The number of likely N-dealkylation sites (N-methyl/N-ethyl adjacent to an activating group) is 1. The van der Waals surface area contributed by atoms with Crippen LogP contribution >= 0.6 is 0 Å². The van der Waals surface area contributed by atoms with Crippen LogP contribution in [0.4, 0.5) is 8.78 Å². The Hall–Kier alpha value is -0.710. The Morgan fingerprint density at radius 2 is 2.00 bits per heavy atom. The highest BCUT2D eigenvalue weighted by molar-refractivity contribution is 5.79. The van der Waals surface area contributed by atoms with Crippen molar-refractivity contribution in [3.8, 4) is 0 Å². The summed E-state index contributed by atoms with van der Waals surface area (Å²) >= 11 is 0. The molecule has 0 aliphatic rings. The zero-order valence-corrected chi connectivity index (χ0v) is 7.47. The van der Waals surface area contributed by atoms with E-state index in [0.717, 1.165) is 0 Å². The van der Waals surface area contributed by atoms with E-state index < -0.39 is 12.3 Å². The Morgan fingerprint density at radius 1 is 1.50 bits per heavy atom. The largest absolute Gasteiger partial charge is 0.347 e. The molecule has 0 aromatic carbocycles. The van der Waals surface area contributed by atoms with E-state index >= 15 is 0 Å². The number of hydrogen-bond acceptors (Lipinski definition) is 2. The van der Waals surface area contributed by atoms with E-state index in [1.807, 2.05) is 19.0 Å². The molecular weight excluding hydrogens is 166 g/mol. The maximum absolute atomic E-state index is 11.7. The molecule has 5 heteroatoms. The number of amides is 1. The van der Waals surface area contributed by atoms with Crippen LogP contribution in [0.3, 0.4) is 0 Å². The Labute approximate surface area is 70.7 Å². The highest BCUT2D eigenvalue weighted by atomic mass is 19.3. The summed E-state index contributed by atoms with van der Waals surface area (Å²) in [5.41, 5.74) is 0. The monoisotopic (exact) mass is 180 g/mol. The predicted molar refractivity (Wildman–Crippen MR) is 42.2 cm³/mol. The van der Waals surface area contributed by atoms with Gasteiger partial charge in [0.2, 0.25) is 0 Å². The predicted octanol–water partition coefficient (Wildman–Crippen LogP) is 0.318. The first-order chi connectivity index (χ1) is 5.43. The molecule has 0 heterocycles. The molecule has 1 atom stereocenters. The molecule has 0 radical (unpaired) electrons. The van der Waals surface area contributed by atoms with E-state index in [0.29, 0.717) is 6.54 Å². The first-order valence-corrected chi connectivity index (χ1v) is 3.66. The molecule has 1 amide bonds. The SMILES string of the molecule is CC(CN(C)C)NC(=O)C(F)F. The van der Waals surface area contributed by atoms with Gasteiger partial charge in [-0.3, -0.25) is 4.79 Å². The topological polar surface area (TPSA) is 32.3 Å². The third kappa shape index (κ3) is 5.01. The molecule has 12 heavy (non-hydrogen) atoms. The van der Waals surface area contributed by atoms with E-state index in [9.17, 15) is 13.6 Å². The highest BCUT2D eigenvalue weighted by Gasteiger charge is 2.17. The van der Waals surface area contributed by atoms with Gasteiger partial charge in [-0.25, -0.2) is 0 Å². The third-order valence-corrected chi connectivity index (χ3v) is 1.23. The van der Waals surface area contributed by atoms with Crippen molar-refractivity contribution in [1.82, 2.24) is 10.2 Å². The van der Waals surface area contributed by atoms with Crippen LogP contribution in [0.25, 0.3) is 0 Å². The van der Waals surface area contributed by atoms with Crippen LogP contribution in [-0.4, -0.2) is 43.9 Å². The van der Waals surface area contributed by atoms with Gasteiger partial charge in [0.05, 0.1) is 0 Å². The van der Waals surface area contributed by atoms with Gasteiger partial charge in [0.15, 0.2) is 0 Å². The molecule has 3 nitrogen and oxygen atoms in total. The lowest BCUT2D eigenvalue weighted by atomic mass is 10.3. The van der Waals surface area contributed by atoms with Crippen LogP contribution < -0.4 is 5.32 Å². The van der Waals surface area contributed by atoms with Crippen LogP contribution in [-0.2, 0) is 4.79 Å². The molecule has 1 unspecified atom stereocenters. The Bertz CT molecular complexity index is 150. The molecule has 0 saturated heterocycles. The Balaban J connectivity index is 3.69. The van der Waals surface area contributed by atoms with Crippen molar-refractivity contribution in [1.29, 1.82) is 0 Å². The molecule has 0 aliphatic heterocycles. The fraction of sp³-hybridized carbons (Fsp3) is 0.857. The van der Waals surface area contributed by atoms with Gasteiger partial charge in [0, 0.05) is 12.6 Å². The maximum Gasteiger partial charge on any atom is 0.315 e. The summed E-state index contributed by atoms with van der Waals surface area (Å²) in [5, 5.41) is 2.18. The van der Waals surface area contributed by atoms with Gasteiger partial charge in [-0.2, -0.15) is 8.78 Å². The summed E-state index contributed by atoms with van der Waals surface area (Å²) in [6.45, 7) is 2.23. The van der Waals surface area contributed by atoms with Crippen LogP contribution in [0.5, 0.6) is 0 Å². The molecule has 0 aliphatic carbocycles. The standard InChI is InChI=1S/C7H14F2N2O/c1-5(4-11(2)3)10-7(12)6(8)9/h5-6H,4H2,1-3H3,(H,10,12). The Kier molecular flexibility index (Phi) is 4.73. The van der Waals surface area contributed by atoms with E-state index in [1.165, 1.54) is 0 Å². The van der Waals surface area contributed by atoms with E-state index in [2.05, 4.69) is 5.32 Å². The quantitative estimate of drug-likeness (QED) is 0.675. The normalized spacial score (nSPS) is 13.6. The van der Waals surface area contributed by atoms with Crippen molar-refractivity contribution in [2.24, 2.45) is 0 Å². The second-order valence-electron chi connectivity index (χ2n) is 2.97. The molecule has 0 aromatic heterocycles. The summed E-state index contributed by atoms with van der Waals surface area (Å²) in [6.07, 6.45) is -2.92. The fourth-order valence-electron chi connectivity index (χ4n) is 0.899. The molecule has 0 rings (SSSR count). The van der Waals surface area contributed by atoms with E-state index in [4.69, 9.17) is 0 Å².